The van der Waals surface area contributed by atoms with E-state index in [9.17, 15) is 9.59 Å². The van der Waals surface area contributed by atoms with Crippen molar-refractivity contribution in [3.63, 3.8) is 0 Å². The van der Waals surface area contributed by atoms with Crippen LogP contribution in [0.3, 0.4) is 0 Å². The highest BCUT2D eigenvalue weighted by atomic mass is 16.5. The summed E-state index contributed by atoms with van der Waals surface area (Å²) in [5.74, 6) is 0.596. The van der Waals surface area contributed by atoms with Crippen molar-refractivity contribution < 1.29 is 14.3 Å². The van der Waals surface area contributed by atoms with Crippen LogP contribution < -0.4 is 10.1 Å². The average Bonchev–Trinajstić information content (AvgIpc) is 3.18. The van der Waals surface area contributed by atoms with Gasteiger partial charge in [0.15, 0.2) is 0 Å². The van der Waals surface area contributed by atoms with Crippen LogP contribution >= 0.6 is 0 Å². The molecule has 2 aliphatic heterocycles. The van der Waals surface area contributed by atoms with Crippen LogP contribution in [0.15, 0.2) is 0 Å². The van der Waals surface area contributed by atoms with Crippen LogP contribution in [0.2, 0.25) is 0 Å². The second-order valence-electron chi connectivity index (χ2n) is 6.04. The molecule has 126 valence electrons. The number of carbonyl (C=O) groups is 2. The first kappa shape index (κ1) is 15.8. The third-order valence-electron chi connectivity index (χ3n) is 4.60. The molecule has 3 rings (SSSR count). The quantitative estimate of drug-likeness (QED) is 0.870. The van der Waals surface area contributed by atoms with E-state index in [0.29, 0.717) is 13.1 Å². The number of aryl methyl sites for hydroxylation is 2. The molecule has 2 saturated heterocycles. The minimum absolute atomic E-state index is 0.105. The summed E-state index contributed by atoms with van der Waals surface area (Å²) < 4.78 is 7.23. The molecule has 3 amide bonds. The summed E-state index contributed by atoms with van der Waals surface area (Å²) in [7, 11) is 3.49. The Balaban J connectivity index is 1.78. The van der Waals surface area contributed by atoms with Gasteiger partial charge in [0.1, 0.15) is 0 Å². The van der Waals surface area contributed by atoms with Crippen LogP contribution in [0.1, 0.15) is 30.1 Å². The van der Waals surface area contributed by atoms with Crippen LogP contribution in [-0.2, 0) is 11.8 Å². The second kappa shape index (κ2) is 6.19. The Morgan fingerprint density at radius 1 is 1.43 bits per heavy atom. The van der Waals surface area contributed by atoms with E-state index < -0.39 is 0 Å². The number of imide groups is 1. The van der Waals surface area contributed by atoms with Gasteiger partial charge in [0.05, 0.1) is 24.9 Å². The Kier molecular flexibility index (Phi) is 4.25. The number of rotatable bonds is 4. The molecule has 23 heavy (non-hydrogen) atoms. The van der Waals surface area contributed by atoms with Crippen LogP contribution in [0.25, 0.3) is 0 Å². The number of methoxy groups -OCH3 is 1. The van der Waals surface area contributed by atoms with Crippen molar-refractivity contribution in [2.24, 2.45) is 7.05 Å². The molecule has 0 aliphatic carbocycles. The van der Waals surface area contributed by atoms with Gasteiger partial charge in [0.2, 0.25) is 11.8 Å². The van der Waals surface area contributed by atoms with Gasteiger partial charge in [0, 0.05) is 26.2 Å². The number of nitrogens with zero attached hydrogens (tertiary/aromatic N) is 4. The summed E-state index contributed by atoms with van der Waals surface area (Å²) in [6, 6.07) is -0.186. The Labute approximate surface area is 135 Å². The van der Waals surface area contributed by atoms with Gasteiger partial charge in [-0.2, -0.15) is 5.10 Å². The normalized spacial score (nSPS) is 21.8. The number of urea groups is 1. The molecule has 0 aromatic carbocycles. The Morgan fingerprint density at radius 2 is 2.22 bits per heavy atom. The molecule has 0 spiro atoms. The Bertz CT molecular complexity index is 627. The molecule has 8 nitrogen and oxygen atoms in total. The molecule has 1 aromatic rings. The number of ether oxygens (including phenoxy) is 1. The first-order valence-electron chi connectivity index (χ1n) is 7.92. The van der Waals surface area contributed by atoms with Gasteiger partial charge < -0.3 is 10.1 Å². The van der Waals surface area contributed by atoms with E-state index in [2.05, 4.69) is 15.3 Å². The van der Waals surface area contributed by atoms with Crippen molar-refractivity contribution in [2.75, 3.05) is 33.3 Å². The number of aromatic nitrogens is 2. The lowest BCUT2D eigenvalue weighted by Crippen LogP contribution is -2.41. The zero-order valence-corrected chi connectivity index (χ0v) is 13.8. The summed E-state index contributed by atoms with van der Waals surface area (Å²) in [6.07, 6.45) is 1.98. The average molecular weight is 321 g/mol. The summed E-state index contributed by atoms with van der Waals surface area (Å²) in [5.41, 5.74) is 1.97. The fourth-order valence-electron chi connectivity index (χ4n) is 3.59. The van der Waals surface area contributed by atoms with E-state index >= 15 is 0 Å². The molecule has 0 saturated carbocycles. The third-order valence-corrected chi connectivity index (χ3v) is 4.60. The molecule has 1 unspecified atom stereocenters. The largest absolute Gasteiger partial charge is 0.481 e. The fourth-order valence-corrected chi connectivity index (χ4v) is 3.59. The third kappa shape index (κ3) is 2.78. The van der Waals surface area contributed by atoms with E-state index in [-0.39, 0.29) is 24.5 Å². The number of likely N-dealkylation sites (tertiary alicyclic amines) is 1. The van der Waals surface area contributed by atoms with Crippen LogP contribution in [0, 0.1) is 6.92 Å². The van der Waals surface area contributed by atoms with E-state index in [4.69, 9.17) is 4.74 Å². The molecule has 0 bridgehead atoms. The predicted octanol–water partition coefficient (Wildman–Crippen LogP) is 0.426. The molecular weight excluding hydrogens is 298 g/mol. The summed E-state index contributed by atoms with van der Waals surface area (Å²) in [6.45, 7) is 4.03. The van der Waals surface area contributed by atoms with Crippen LogP contribution in [0.5, 0.6) is 5.88 Å². The number of nitrogens with one attached hydrogen (secondary N) is 1. The maximum Gasteiger partial charge on any atom is 0.324 e. The maximum atomic E-state index is 12.4. The van der Waals surface area contributed by atoms with Gasteiger partial charge in [-0.05, 0) is 26.3 Å². The van der Waals surface area contributed by atoms with Gasteiger partial charge in [-0.25, -0.2) is 9.48 Å². The SMILES string of the molecule is COc1c(C2CCCN2CC(=O)N2CCNC2=O)c(C)nn1C. The summed E-state index contributed by atoms with van der Waals surface area (Å²) in [5, 5.41) is 7.10. The van der Waals surface area contributed by atoms with Gasteiger partial charge in [-0.15, -0.1) is 0 Å². The maximum absolute atomic E-state index is 12.4. The van der Waals surface area contributed by atoms with Crippen molar-refractivity contribution in [3.8, 4) is 5.88 Å². The lowest BCUT2D eigenvalue weighted by molar-refractivity contribution is -0.129. The smallest absolute Gasteiger partial charge is 0.324 e. The zero-order chi connectivity index (χ0) is 16.6. The lowest BCUT2D eigenvalue weighted by Gasteiger charge is -2.25. The lowest BCUT2D eigenvalue weighted by atomic mass is 10.1. The van der Waals surface area contributed by atoms with Gasteiger partial charge in [-0.1, -0.05) is 0 Å². The highest BCUT2D eigenvalue weighted by Gasteiger charge is 2.35. The highest BCUT2D eigenvalue weighted by Crippen LogP contribution is 2.38. The zero-order valence-electron chi connectivity index (χ0n) is 13.8. The predicted molar refractivity (Wildman–Crippen MR) is 83.2 cm³/mol. The van der Waals surface area contributed by atoms with E-state index in [1.54, 1.807) is 11.8 Å². The summed E-state index contributed by atoms with van der Waals surface area (Å²) >= 11 is 0. The number of hydrogen-bond donors (Lipinski definition) is 1. The molecule has 8 heteroatoms. The minimum atomic E-state index is -0.291. The van der Waals surface area contributed by atoms with Crippen LogP contribution in [-0.4, -0.2) is 64.8 Å². The Morgan fingerprint density at radius 3 is 2.87 bits per heavy atom. The van der Waals surface area contributed by atoms with Gasteiger partial charge >= 0.3 is 6.03 Å². The van der Waals surface area contributed by atoms with Crippen LogP contribution in [0.4, 0.5) is 4.79 Å². The van der Waals surface area contributed by atoms with Gasteiger partial charge in [-0.3, -0.25) is 14.6 Å². The van der Waals surface area contributed by atoms with Crippen molar-refractivity contribution >= 4 is 11.9 Å². The highest BCUT2D eigenvalue weighted by molar-refractivity contribution is 5.96. The first-order chi connectivity index (χ1) is 11.0. The van der Waals surface area contributed by atoms with Gasteiger partial charge in [0.25, 0.3) is 0 Å². The fraction of sp³-hybridized carbons (Fsp3) is 0.667. The number of hydrogen-bond acceptors (Lipinski definition) is 5. The van der Waals surface area contributed by atoms with E-state index in [0.717, 1.165) is 36.5 Å². The molecule has 2 fully saturated rings. The number of carbonyl (C=O) groups excluding carboxylic acids is 2. The Hall–Kier alpha value is -2.09. The van der Waals surface area contributed by atoms with Crippen molar-refractivity contribution in [1.29, 1.82) is 0 Å². The molecule has 1 aromatic heterocycles. The first-order valence-corrected chi connectivity index (χ1v) is 7.92. The van der Waals surface area contributed by atoms with Crippen molar-refractivity contribution in [3.05, 3.63) is 11.3 Å². The van der Waals surface area contributed by atoms with E-state index in [1.165, 1.54) is 4.90 Å². The molecule has 0 radical (unpaired) electrons. The summed E-state index contributed by atoms with van der Waals surface area (Å²) in [4.78, 5) is 27.5. The topological polar surface area (TPSA) is 79.7 Å². The van der Waals surface area contributed by atoms with E-state index in [1.807, 2.05) is 14.0 Å². The van der Waals surface area contributed by atoms with Crippen molar-refractivity contribution in [2.45, 2.75) is 25.8 Å². The minimum Gasteiger partial charge on any atom is -0.481 e. The molecule has 2 aliphatic rings. The second-order valence-corrected chi connectivity index (χ2v) is 6.04. The standard InChI is InChI=1S/C15H23N5O3/c1-10-13(14(23-3)18(2)17-10)11-5-4-7-19(11)9-12(21)20-8-6-16-15(20)22/h11H,4-9H2,1-3H3,(H,16,22). The molecule has 1 atom stereocenters. The number of amides is 3. The molecular formula is C15H23N5O3. The molecule has 1 N–H and O–H groups in total. The molecule has 3 heterocycles. The monoisotopic (exact) mass is 321 g/mol. The van der Waals surface area contributed by atoms with Crippen molar-refractivity contribution in [1.82, 2.24) is 24.9 Å².